The summed E-state index contributed by atoms with van der Waals surface area (Å²) in [7, 11) is 0. The van der Waals surface area contributed by atoms with Crippen LogP contribution in [0.15, 0.2) is 24.3 Å². The van der Waals surface area contributed by atoms with Gasteiger partial charge in [0, 0.05) is 6.54 Å². The van der Waals surface area contributed by atoms with Gasteiger partial charge in [-0.15, -0.1) is 0 Å². The summed E-state index contributed by atoms with van der Waals surface area (Å²) in [6.45, 7) is -0.128. The second-order valence-corrected chi connectivity index (χ2v) is 4.99. The van der Waals surface area contributed by atoms with E-state index in [1.165, 1.54) is 23.1 Å². The zero-order valence-electron chi connectivity index (χ0n) is 11.6. The van der Waals surface area contributed by atoms with Gasteiger partial charge in [0.05, 0.1) is 11.6 Å². The molecule has 0 bridgehead atoms. The van der Waals surface area contributed by atoms with E-state index in [-0.39, 0.29) is 5.56 Å². The molecule has 1 heterocycles. The van der Waals surface area contributed by atoms with E-state index in [9.17, 15) is 22.8 Å². The molecule has 2 N–H and O–H groups in total. The minimum Gasteiger partial charge on any atom is -0.465 e. The maximum absolute atomic E-state index is 13.1. The lowest BCUT2D eigenvalue weighted by atomic mass is 9.98. The van der Waals surface area contributed by atoms with Crippen LogP contribution in [-0.4, -0.2) is 35.1 Å². The zero-order valence-corrected chi connectivity index (χ0v) is 11.6. The fourth-order valence-corrected chi connectivity index (χ4v) is 2.69. The van der Waals surface area contributed by atoms with Crippen molar-refractivity contribution in [3.8, 4) is 0 Å². The Balaban J connectivity index is 2.24. The molecule has 5 nitrogen and oxygen atoms in total. The largest absolute Gasteiger partial charge is 0.465 e. The Morgan fingerprint density at radius 3 is 2.64 bits per heavy atom. The van der Waals surface area contributed by atoms with E-state index in [0.29, 0.717) is 19.4 Å². The Kier molecular flexibility index (Phi) is 4.58. The highest BCUT2D eigenvalue weighted by molar-refractivity contribution is 5.82. The number of carbonyl (C=O) groups excluding carboxylic acids is 1. The van der Waals surface area contributed by atoms with Crippen LogP contribution in [0.5, 0.6) is 0 Å². The molecule has 0 saturated carbocycles. The van der Waals surface area contributed by atoms with Crippen LogP contribution < -0.4 is 5.32 Å². The van der Waals surface area contributed by atoms with E-state index in [1.807, 2.05) is 5.32 Å². The van der Waals surface area contributed by atoms with Gasteiger partial charge in [0.15, 0.2) is 0 Å². The van der Waals surface area contributed by atoms with Crippen molar-refractivity contribution >= 4 is 12.0 Å². The van der Waals surface area contributed by atoms with E-state index >= 15 is 0 Å². The number of carbonyl (C=O) groups is 2. The van der Waals surface area contributed by atoms with Gasteiger partial charge in [-0.2, -0.15) is 13.2 Å². The van der Waals surface area contributed by atoms with E-state index in [4.69, 9.17) is 5.11 Å². The first-order valence-corrected chi connectivity index (χ1v) is 6.73. The van der Waals surface area contributed by atoms with Crippen molar-refractivity contribution in [2.24, 2.45) is 0 Å². The molecular weight excluding hydrogens is 301 g/mol. The number of likely N-dealkylation sites (tertiary alicyclic amines) is 1. The Bertz CT molecular complexity index is 575. The highest BCUT2D eigenvalue weighted by Gasteiger charge is 2.38. The number of hydrogen-bond acceptors (Lipinski definition) is 2. The molecule has 2 amide bonds. The monoisotopic (exact) mass is 316 g/mol. The fourth-order valence-electron chi connectivity index (χ4n) is 2.69. The van der Waals surface area contributed by atoms with Gasteiger partial charge in [-0.1, -0.05) is 18.2 Å². The topological polar surface area (TPSA) is 69.6 Å². The van der Waals surface area contributed by atoms with Crippen LogP contribution in [0.4, 0.5) is 18.0 Å². The van der Waals surface area contributed by atoms with Crippen LogP contribution in [0.25, 0.3) is 0 Å². The molecule has 1 saturated heterocycles. The number of halogens is 3. The van der Waals surface area contributed by atoms with Crippen LogP contribution in [0.2, 0.25) is 0 Å². The van der Waals surface area contributed by atoms with E-state index < -0.39 is 36.3 Å². The third kappa shape index (κ3) is 3.49. The Hall–Kier alpha value is -2.25. The van der Waals surface area contributed by atoms with Crippen molar-refractivity contribution in [3.05, 3.63) is 35.4 Å². The second-order valence-electron chi connectivity index (χ2n) is 4.99. The maximum atomic E-state index is 13.1. The number of amides is 2. The van der Waals surface area contributed by atoms with Crippen molar-refractivity contribution in [2.75, 3.05) is 13.1 Å². The molecule has 0 radical (unpaired) electrons. The van der Waals surface area contributed by atoms with Gasteiger partial charge in [-0.3, -0.25) is 4.79 Å². The zero-order chi connectivity index (χ0) is 16.3. The Morgan fingerprint density at radius 1 is 1.32 bits per heavy atom. The SMILES string of the molecule is O=C(O)NCC(=O)N1CCCC1c1ccccc1C(F)(F)F. The molecule has 1 atom stereocenters. The first-order chi connectivity index (χ1) is 10.3. The maximum Gasteiger partial charge on any atom is 0.416 e. The predicted molar refractivity (Wildman–Crippen MR) is 71.2 cm³/mol. The molecule has 1 aromatic carbocycles. The predicted octanol–water partition coefficient (Wildman–Crippen LogP) is 2.64. The smallest absolute Gasteiger partial charge is 0.416 e. The Labute approximate surface area is 124 Å². The molecule has 0 spiro atoms. The van der Waals surface area contributed by atoms with Gasteiger partial charge in [-0.05, 0) is 24.5 Å². The quantitative estimate of drug-likeness (QED) is 0.900. The Morgan fingerprint density at radius 2 is 2.00 bits per heavy atom. The average Bonchev–Trinajstić information content (AvgIpc) is 2.93. The molecule has 0 aromatic heterocycles. The lowest BCUT2D eigenvalue weighted by molar-refractivity contribution is -0.140. The van der Waals surface area contributed by atoms with Crippen molar-refractivity contribution in [1.82, 2.24) is 10.2 Å². The number of carboxylic acid groups (broad SMARTS) is 1. The minimum absolute atomic E-state index is 0.0520. The molecule has 1 unspecified atom stereocenters. The molecule has 1 aromatic rings. The summed E-state index contributed by atoms with van der Waals surface area (Å²) in [5.74, 6) is -0.526. The summed E-state index contributed by atoms with van der Waals surface area (Å²) in [6, 6.07) is 4.48. The highest BCUT2D eigenvalue weighted by Crippen LogP contribution is 2.40. The third-order valence-electron chi connectivity index (χ3n) is 3.59. The van der Waals surface area contributed by atoms with Crippen LogP contribution in [-0.2, 0) is 11.0 Å². The number of hydrogen-bond donors (Lipinski definition) is 2. The van der Waals surface area contributed by atoms with Gasteiger partial charge in [-0.25, -0.2) is 4.79 Å². The molecule has 1 fully saturated rings. The standard InChI is InChI=1S/C14H15F3N2O3/c15-14(16,17)10-5-2-1-4-9(10)11-6-3-7-19(11)12(20)8-18-13(21)22/h1-2,4-5,11,18H,3,6-8H2,(H,21,22). The lowest BCUT2D eigenvalue weighted by Crippen LogP contribution is -2.39. The molecular formula is C14H15F3N2O3. The average molecular weight is 316 g/mol. The molecule has 2 rings (SSSR count). The van der Waals surface area contributed by atoms with Crippen molar-refractivity contribution in [3.63, 3.8) is 0 Å². The van der Waals surface area contributed by atoms with Crippen LogP contribution in [0.1, 0.15) is 30.0 Å². The molecule has 0 aliphatic carbocycles. The van der Waals surface area contributed by atoms with E-state index in [0.717, 1.165) is 6.07 Å². The molecule has 8 heteroatoms. The summed E-state index contributed by atoms with van der Waals surface area (Å²) in [4.78, 5) is 23.7. The normalized spacial score (nSPS) is 18.3. The summed E-state index contributed by atoms with van der Waals surface area (Å²) in [6.07, 6.45) is -4.84. The number of nitrogens with zero attached hydrogens (tertiary/aromatic N) is 1. The number of alkyl halides is 3. The van der Waals surface area contributed by atoms with Gasteiger partial charge in [0.25, 0.3) is 0 Å². The lowest BCUT2D eigenvalue weighted by Gasteiger charge is -2.27. The van der Waals surface area contributed by atoms with Crippen LogP contribution in [0, 0.1) is 0 Å². The number of benzene rings is 1. The van der Waals surface area contributed by atoms with Crippen molar-refractivity contribution < 1.29 is 27.9 Å². The highest BCUT2D eigenvalue weighted by atomic mass is 19.4. The summed E-state index contributed by atoms with van der Waals surface area (Å²) >= 11 is 0. The van der Waals surface area contributed by atoms with E-state index in [2.05, 4.69) is 0 Å². The van der Waals surface area contributed by atoms with Gasteiger partial charge in [0.1, 0.15) is 6.54 Å². The fraction of sp³-hybridized carbons (Fsp3) is 0.429. The van der Waals surface area contributed by atoms with Crippen molar-refractivity contribution in [1.29, 1.82) is 0 Å². The summed E-state index contributed by atoms with van der Waals surface area (Å²) in [5.41, 5.74) is -0.706. The molecule has 1 aliphatic rings. The third-order valence-corrected chi connectivity index (χ3v) is 3.59. The van der Waals surface area contributed by atoms with Gasteiger partial charge < -0.3 is 15.3 Å². The second kappa shape index (κ2) is 6.25. The van der Waals surface area contributed by atoms with Gasteiger partial charge >= 0.3 is 12.3 Å². The summed E-state index contributed by atoms with van der Waals surface area (Å²) in [5, 5.41) is 10.5. The molecule has 22 heavy (non-hydrogen) atoms. The van der Waals surface area contributed by atoms with Gasteiger partial charge in [0.2, 0.25) is 5.91 Å². The first kappa shape index (κ1) is 16.1. The van der Waals surface area contributed by atoms with Crippen molar-refractivity contribution in [2.45, 2.75) is 25.1 Å². The first-order valence-electron chi connectivity index (χ1n) is 6.73. The summed E-state index contributed by atoms with van der Waals surface area (Å²) < 4.78 is 39.3. The number of nitrogens with one attached hydrogen (secondary N) is 1. The van der Waals surface area contributed by atoms with E-state index in [1.54, 1.807) is 0 Å². The van der Waals surface area contributed by atoms with Crippen LogP contribution >= 0.6 is 0 Å². The molecule has 1 aliphatic heterocycles. The molecule has 120 valence electrons. The van der Waals surface area contributed by atoms with Crippen LogP contribution in [0.3, 0.4) is 0 Å². The number of rotatable bonds is 3. The minimum atomic E-state index is -4.49.